The van der Waals surface area contributed by atoms with E-state index in [1.165, 1.54) is 13.0 Å². The second-order valence-corrected chi connectivity index (χ2v) is 2.56. The standard InChI is InChI=1S/C8H7NO4/c1-5-7(9(12)13)2-6(4-10)3-8(5)11/h2-4,11H,1H3. The number of phenols is 1. The first-order valence-corrected chi connectivity index (χ1v) is 3.49. The van der Waals surface area contributed by atoms with Gasteiger partial charge in [-0.05, 0) is 13.0 Å². The molecule has 0 aliphatic carbocycles. The van der Waals surface area contributed by atoms with E-state index in [1.54, 1.807) is 0 Å². The summed E-state index contributed by atoms with van der Waals surface area (Å²) in [5, 5.41) is 19.6. The van der Waals surface area contributed by atoms with Crippen LogP contribution >= 0.6 is 0 Å². The highest BCUT2D eigenvalue weighted by atomic mass is 16.6. The minimum Gasteiger partial charge on any atom is -0.507 e. The number of hydrogen-bond donors (Lipinski definition) is 1. The Morgan fingerprint density at radius 3 is 2.62 bits per heavy atom. The summed E-state index contributed by atoms with van der Waals surface area (Å²) in [7, 11) is 0. The van der Waals surface area contributed by atoms with Crippen molar-refractivity contribution in [2.24, 2.45) is 0 Å². The summed E-state index contributed by atoms with van der Waals surface area (Å²) in [6, 6.07) is 2.32. The average Bonchev–Trinajstić information content (AvgIpc) is 2.09. The van der Waals surface area contributed by atoms with Crippen LogP contribution in [-0.2, 0) is 0 Å². The molecule has 13 heavy (non-hydrogen) atoms. The van der Waals surface area contributed by atoms with Crippen molar-refractivity contribution in [2.75, 3.05) is 0 Å². The quantitative estimate of drug-likeness (QED) is 0.425. The molecule has 5 nitrogen and oxygen atoms in total. The molecule has 0 saturated carbocycles. The monoisotopic (exact) mass is 181 g/mol. The molecule has 5 heteroatoms. The van der Waals surface area contributed by atoms with Gasteiger partial charge >= 0.3 is 0 Å². The van der Waals surface area contributed by atoms with Crippen molar-refractivity contribution in [2.45, 2.75) is 6.92 Å². The Hall–Kier alpha value is -1.91. The average molecular weight is 181 g/mol. The lowest BCUT2D eigenvalue weighted by molar-refractivity contribution is -0.385. The van der Waals surface area contributed by atoms with Gasteiger partial charge in [0.1, 0.15) is 12.0 Å². The Labute approximate surface area is 73.8 Å². The number of nitrogens with zero attached hydrogens (tertiary/aromatic N) is 1. The van der Waals surface area contributed by atoms with Crippen LogP contribution in [-0.4, -0.2) is 16.3 Å². The van der Waals surface area contributed by atoms with Crippen molar-refractivity contribution in [3.8, 4) is 5.75 Å². The van der Waals surface area contributed by atoms with Crippen LogP contribution in [0.5, 0.6) is 5.75 Å². The summed E-state index contributed by atoms with van der Waals surface area (Å²) in [5.41, 5.74) is 0.00694. The summed E-state index contributed by atoms with van der Waals surface area (Å²) in [4.78, 5) is 20.1. The Morgan fingerprint density at radius 1 is 1.54 bits per heavy atom. The van der Waals surface area contributed by atoms with Gasteiger partial charge in [-0.1, -0.05) is 0 Å². The van der Waals surface area contributed by atoms with E-state index in [4.69, 9.17) is 0 Å². The molecule has 0 aromatic heterocycles. The van der Waals surface area contributed by atoms with Gasteiger partial charge in [-0.3, -0.25) is 14.9 Å². The van der Waals surface area contributed by atoms with Crippen LogP contribution in [0.15, 0.2) is 12.1 Å². The minimum atomic E-state index is -0.637. The van der Waals surface area contributed by atoms with Crippen LogP contribution in [0.4, 0.5) is 5.69 Å². The van der Waals surface area contributed by atoms with Gasteiger partial charge in [0.25, 0.3) is 5.69 Å². The molecule has 1 rings (SSSR count). The Balaban J connectivity index is 3.41. The Morgan fingerprint density at radius 2 is 2.15 bits per heavy atom. The highest BCUT2D eigenvalue weighted by molar-refractivity contribution is 5.78. The van der Waals surface area contributed by atoms with E-state index in [9.17, 15) is 20.0 Å². The molecule has 0 saturated heterocycles. The number of carbonyl (C=O) groups excluding carboxylic acids is 1. The maximum atomic E-state index is 10.4. The fourth-order valence-corrected chi connectivity index (χ4v) is 0.963. The summed E-state index contributed by atoms with van der Waals surface area (Å²) in [6.07, 6.45) is 0.451. The molecule has 0 spiro atoms. The van der Waals surface area contributed by atoms with E-state index in [0.717, 1.165) is 6.07 Å². The maximum absolute atomic E-state index is 10.4. The van der Waals surface area contributed by atoms with Gasteiger partial charge in [0.05, 0.1) is 10.5 Å². The Kier molecular flexibility index (Phi) is 2.27. The van der Waals surface area contributed by atoms with Crippen LogP contribution in [0, 0.1) is 17.0 Å². The summed E-state index contributed by atoms with van der Waals surface area (Å²) in [6.45, 7) is 1.42. The summed E-state index contributed by atoms with van der Waals surface area (Å²) in [5.74, 6) is -0.240. The van der Waals surface area contributed by atoms with Crippen LogP contribution in [0.2, 0.25) is 0 Å². The van der Waals surface area contributed by atoms with E-state index < -0.39 is 4.92 Å². The number of carbonyl (C=O) groups is 1. The third kappa shape index (κ3) is 1.64. The van der Waals surface area contributed by atoms with E-state index in [2.05, 4.69) is 0 Å². The summed E-state index contributed by atoms with van der Waals surface area (Å²) >= 11 is 0. The lowest BCUT2D eigenvalue weighted by Crippen LogP contribution is -1.93. The molecule has 0 atom stereocenters. The molecule has 0 radical (unpaired) electrons. The van der Waals surface area contributed by atoms with Crippen molar-refractivity contribution in [1.82, 2.24) is 0 Å². The van der Waals surface area contributed by atoms with E-state index in [-0.39, 0.29) is 22.6 Å². The lowest BCUT2D eigenvalue weighted by atomic mass is 10.1. The van der Waals surface area contributed by atoms with Crippen LogP contribution in [0.25, 0.3) is 0 Å². The molecule has 1 aromatic carbocycles. The smallest absolute Gasteiger partial charge is 0.276 e. The molecule has 0 bridgehead atoms. The van der Waals surface area contributed by atoms with Crippen LogP contribution in [0.1, 0.15) is 15.9 Å². The van der Waals surface area contributed by atoms with Crippen molar-refractivity contribution in [3.05, 3.63) is 33.4 Å². The van der Waals surface area contributed by atoms with Gasteiger partial charge < -0.3 is 5.11 Å². The number of hydrogen-bond acceptors (Lipinski definition) is 4. The van der Waals surface area contributed by atoms with Gasteiger partial charge in [-0.15, -0.1) is 0 Å². The fraction of sp³-hybridized carbons (Fsp3) is 0.125. The normalized spacial score (nSPS) is 9.62. The predicted octanol–water partition coefficient (Wildman–Crippen LogP) is 1.42. The number of aromatic hydroxyl groups is 1. The molecule has 68 valence electrons. The molecule has 0 aliphatic heterocycles. The summed E-state index contributed by atoms with van der Waals surface area (Å²) < 4.78 is 0. The van der Waals surface area contributed by atoms with Gasteiger partial charge in [0, 0.05) is 11.6 Å². The second kappa shape index (κ2) is 3.22. The van der Waals surface area contributed by atoms with Gasteiger partial charge in [-0.25, -0.2) is 0 Å². The van der Waals surface area contributed by atoms with Crippen molar-refractivity contribution in [3.63, 3.8) is 0 Å². The first-order valence-electron chi connectivity index (χ1n) is 3.49. The molecular formula is C8H7NO4. The largest absolute Gasteiger partial charge is 0.507 e. The minimum absolute atomic E-state index is 0.0924. The first kappa shape index (κ1) is 9.18. The first-order chi connectivity index (χ1) is 6.06. The SMILES string of the molecule is Cc1c(O)cc(C=O)cc1[N+](=O)[O-]. The topological polar surface area (TPSA) is 80.4 Å². The zero-order chi connectivity index (χ0) is 10.0. The Bertz CT molecular complexity index is 373. The number of benzene rings is 1. The van der Waals surface area contributed by atoms with Crippen LogP contribution in [0.3, 0.4) is 0 Å². The van der Waals surface area contributed by atoms with E-state index in [0.29, 0.717) is 6.29 Å². The van der Waals surface area contributed by atoms with Crippen molar-refractivity contribution < 1.29 is 14.8 Å². The second-order valence-electron chi connectivity index (χ2n) is 2.56. The number of rotatable bonds is 2. The molecule has 0 fully saturated rings. The van der Waals surface area contributed by atoms with Gasteiger partial charge in [-0.2, -0.15) is 0 Å². The third-order valence-corrected chi connectivity index (χ3v) is 1.71. The van der Waals surface area contributed by atoms with Crippen LogP contribution < -0.4 is 0 Å². The zero-order valence-corrected chi connectivity index (χ0v) is 6.85. The number of phenolic OH excluding ortho intramolecular Hbond substituents is 1. The lowest BCUT2D eigenvalue weighted by Gasteiger charge is -2.00. The predicted molar refractivity (Wildman–Crippen MR) is 44.9 cm³/mol. The zero-order valence-electron chi connectivity index (χ0n) is 6.85. The van der Waals surface area contributed by atoms with Crippen molar-refractivity contribution >= 4 is 12.0 Å². The van der Waals surface area contributed by atoms with Gasteiger partial charge in [0.15, 0.2) is 0 Å². The van der Waals surface area contributed by atoms with E-state index in [1.807, 2.05) is 0 Å². The molecular weight excluding hydrogens is 174 g/mol. The van der Waals surface area contributed by atoms with Gasteiger partial charge in [0.2, 0.25) is 0 Å². The molecule has 0 heterocycles. The molecule has 1 aromatic rings. The highest BCUT2D eigenvalue weighted by Crippen LogP contribution is 2.27. The highest BCUT2D eigenvalue weighted by Gasteiger charge is 2.15. The number of nitro benzene ring substituents is 1. The number of aldehydes is 1. The molecule has 0 amide bonds. The maximum Gasteiger partial charge on any atom is 0.276 e. The number of nitro groups is 1. The molecule has 1 N–H and O–H groups in total. The van der Waals surface area contributed by atoms with Crippen molar-refractivity contribution in [1.29, 1.82) is 0 Å². The molecule has 0 unspecified atom stereocenters. The molecule has 0 aliphatic rings. The van der Waals surface area contributed by atoms with E-state index >= 15 is 0 Å². The fourth-order valence-electron chi connectivity index (χ4n) is 0.963. The third-order valence-electron chi connectivity index (χ3n) is 1.71.